The first-order chi connectivity index (χ1) is 17.0. The Hall–Kier alpha value is -3.97. The number of nitrogens with zero attached hydrogens (tertiary/aromatic N) is 1. The maximum absolute atomic E-state index is 12.6. The number of rotatable bonds is 5. The first-order valence-corrected chi connectivity index (χ1v) is 11.9. The van der Waals surface area contributed by atoms with Crippen LogP contribution >= 0.6 is 0 Å². The second kappa shape index (κ2) is 8.60. The van der Waals surface area contributed by atoms with Crippen LogP contribution < -0.4 is 10.5 Å². The van der Waals surface area contributed by atoms with E-state index in [0.29, 0.717) is 23.3 Å². The number of aryl methyl sites for hydroxylation is 1. The van der Waals surface area contributed by atoms with Gasteiger partial charge in [-0.15, -0.1) is 0 Å². The summed E-state index contributed by atoms with van der Waals surface area (Å²) in [6.45, 7) is 7.96. The third-order valence-electron chi connectivity index (χ3n) is 6.47. The Balaban J connectivity index is 1.92. The molecule has 2 heterocycles. The molecule has 0 saturated carbocycles. The Kier molecular flexibility index (Phi) is 5.68. The summed E-state index contributed by atoms with van der Waals surface area (Å²) < 4.78 is 12.0. The van der Waals surface area contributed by atoms with Gasteiger partial charge in [0.15, 0.2) is 6.10 Å². The third kappa shape index (κ3) is 4.05. The van der Waals surface area contributed by atoms with Crippen LogP contribution in [0.15, 0.2) is 48.7 Å². The van der Waals surface area contributed by atoms with Crippen LogP contribution in [0.4, 0.5) is 0 Å². The summed E-state index contributed by atoms with van der Waals surface area (Å²) >= 11 is 0. The van der Waals surface area contributed by atoms with E-state index >= 15 is 0 Å². The zero-order chi connectivity index (χ0) is 25.8. The highest BCUT2D eigenvalue weighted by Crippen LogP contribution is 2.45. The van der Waals surface area contributed by atoms with Crippen LogP contribution in [0.3, 0.4) is 0 Å². The number of amides is 1. The van der Waals surface area contributed by atoms with Gasteiger partial charge in [-0.2, -0.15) is 0 Å². The molecule has 4 aromatic rings. The molecule has 3 aromatic carbocycles. The molecule has 0 fully saturated rings. The van der Waals surface area contributed by atoms with Crippen molar-refractivity contribution in [1.29, 1.82) is 0 Å². The predicted octanol–water partition coefficient (Wildman–Crippen LogP) is 5.34. The Bertz CT molecular complexity index is 1540. The molecule has 36 heavy (non-hydrogen) atoms. The zero-order valence-corrected chi connectivity index (χ0v) is 20.7. The van der Waals surface area contributed by atoms with Crippen LogP contribution in [-0.4, -0.2) is 34.2 Å². The largest absolute Gasteiger partial charge is 0.493 e. The molecular weight excluding hydrogens is 456 g/mol. The molecule has 0 saturated heterocycles. The molecule has 1 aromatic heterocycles. The highest BCUT2D eigenvalue weighted by molar-refractivity contribution is 6.10. The molecule has 0 bridgehead atoms. The van der Waals surface area contributed by atoms with Gasteiger partial charge in [0.1, 0.15) is 5.75 Å². The molecular formula is C29H28N2O5. The van der Waals surface area contributed by atoms with Crippen molar-refractivity contribution >= 4 is 33.6 Å². The highest BCUT2D eigenvalue weighted by Gasteiger charge is 2.32. The summed E-state index contributed by atoms with van der Waals surface area (Å²) in [4.78, 5) is 29.2. The lowest BCUT2D eigenvalue weighted by molar-refractivity contribution is -0.160. The average Bonchev–Trinajstić information content (AvgIpc) is 2.81. The molecule has 0 spiro atoms. The van der Waals surface area contributed by atoms with Crippen LogP contribution in [0.25, 0.3) is 32.8 Å². The second-order valence-electron chi connectivity index (χ2n) is 10.1. The second-order valence-corrected chi connectivity index (χ2v) is 10.1. The molecule has 1 unspecified atom stereocenters. The van der Waals surface area contributed by atoms with Crippen molar-refractivity contribution < 1.29 is 24.2 Å². The standard InChI is InChI=1S/C29H28N2O5/c1-15-13-18-14-17(27(30)32)5-6-19(18)24(22(15)26(28(33)34)36-29(2,3)4)20-7-8-21-23-16(10-12-35-21)9-11-31-25(20)23/h5-9,11,13-14,26H,10,12H2,1-4H3,(H2,30,32)(H,33,34). The van der Waals surface area contributed by atoms with E-state index in [1.807, 2.05) is 58.0 Å². The van der Waals surface area contributed by atoms with Crippen molar-refractivity contribution in [3.05, 3.63) is 70.9 Å². The number of fused-ring (bicyclic) bond motifs is 1. The Morgan fingerprint density at radius 2 is 1.92 bits per heavy atom. The van der Waals surface area contributed by atoms with Crippen molar-refractivity contribution in [1.82, 2.24) is 4.98 Å². The topological polar surface area (TPSA) is 112 Å². The number of carbonyl (C=O) groups is 2. The smallest absolute Gasteiger partial charge is 0.337 e. The lowest BCUT2D eigenvalue weighted by Crippen LogP contribution is -2.28. The fourth-order valence-electron chi connectivity index (χ4n) is 5.03. The first kappa shape index (κ1) is 23.8. The van der Waals surface area contributed by atoms with Gasteiger partial charge in [0, 0.05) is 34.7 Å². The predicted molar refractivity (Wildman–Crippen MR) is 138 cm³/mol. The van der Waals surface area contributed by atoms with Crippen LogP contribution in [0.2, 0.25) is 0 Å². The number of ether oxygens (including phenoxy) is 2. The molecule has 0 aliphatic carbocycles. The van der Waals surface area contributed by atoms with Crippen LogP contribution in [0.1, 0.15) is 53.9 Å². The number of benzene rings is 3. The summed E-state index contributed by atoms with van der Waals surface area (Å²) in [5, 5.41) is 12.8. The number of hydrogen-bond donors (Lipinski definition) is 2. The fourth-order valence-corrected chi connectivity index (χ4v) is 5.03. The van der Waals surface area contributed by atoms with E-state index in [2.05, 4.69) is 0 Å². The molecule has 0 radical (unpaired) electrons. The first-order valence-electron chi connectivity index (χ1n) is 11.9. The van der Waals surface area contributed by atoms with Crippen molar-refractivity contribution in [2.24, 2.45) is 5.73 Å². The molecule has 1 aliphatic heterocycles. The summed E-state index contributed by atoms with van der Waals surface area (Å²) in [7, 11) is 0. The number of pyridine rings is 1. The van der Waals surface area contributed by atoms with Gasteiger partial charge < -0.3 is 20.3 Å². The fraction of sp³-hybridized carbons (Fsp3) is 0.276. The number of aliphatic carboxylic acids is 1. The van der Waals surface area contributed by atoms with Crippen LogP contribution in [-0.2, 0) is 16.0 Å². The molecule has 1 amide bonds. The maximum atomic E-state index is 12.6. The van der Waals surface area contributed by atoms with E-state index in [1.165, 1.54) is 0 Å². The van der Waals surface area contributed by atoms with Crippen molar-refractivity contribution in [2.45, 2.75) is 45.8 Å². The monoisotopic (exact) mass is 484 g/mol. The average molecular weight is 485 g/mol. The SMILES string of the molecule is Cc1cc2cc(C(N)=O)ccc2c(-c2ccc3c4c(ccnc24)CCO3)c1C(OC(C)(C)C)C(=O)O. The molecule has 7 nitrogen and oxygen atoms in total. The zero-order valence-electron chi connectivity index (χ0n) is 20.7. The van der Waals surface area contributed by atoms with E-state index < -0.39 is 23.6 Å². The minimum atomic E-state index is -1.22. The van der Waals surface area contributed by atoms with Gasteiger partial charge in [-0.3, -0.25) is 9.78 Å². The minimum Gasteiger partial charge on any atom is -0.493 e. The molecule has 1 atom stereocenters. The maximum Gasteiger partial charge on any atom is 0.337 e. The van der Waals surface area contributed by atoms with Crippen LogP contribution in [0.5, 0.6) is 5.75 Å². The Morgan fingerprint density at radius 3 is 2.61 bits per heavy atom. The number of carboxylic acid groups (broad SMARTS) is 1. The van der Waals surface area contributed by atoms with Gasteiger partial charge in [0.2, 0.25) is 5.91 Å². The number of carboxylic acids is 1. The van der Waals surface area contributed by atoms with Crippen molar-refractivity contribution in [2.75, 3.05) is 6.61 Å². The Morgan fingerprint density at radius 1 is 1.14 bits per heavy atom. The summed E-state index contributed by atoms with van der Waals surface area (Å²) in [6.07, 6.45) is 1.32. The van der Waals surface area contributed by atoms with Crippen LogP contribution in [0, 0.1) is 6.92 Å². The van der Waals surface area contributed by atoms with E-state index in [9.17, 15) is 14.7 Å². The minimum absolute atomic E-state index is 0.379. The van der Waals surface area contributed by atoms with Gasteiger partial charge in [-0.25, -0.2) is 4.79 Å². The van der Waals surface area contributed by atoms with Crippen molar-refractivity contribution in [3.8, 4) is 16.9 Å². The van der Waals surface area contributed by atoms with E-state index in [-0.39, 0.29) is 0 Å². The third-order valence-corrected chi connectivity index (χ3v) is 6.47. The normalized spacial score (nSPS) is 14.0. The quantitative estimate of drug-likeness (QED) is 0.396. The number of hydrogen-bond acceptors (Lipinski definition) is 5. The molecule has 5 rings (SSSR count). The van der Waals surface area contributed by atoms with Gasteiger partial charge in [0.25, 0.3) is 0 Å². The van der Waals surface area contributed by atoms with E-state index in [0.717, 1.165) is 50.5 Å². The van der Waals surface area contributed by atoms with Gasteiger partial charge in [-0.05, 0) is 85.5 Å². The number of nitrogens with two attached hydrogens (primary N) is 1. The molecule has 3 N–H and O–H groups in total. The lowest BCUT2D eigenvalue weighted by Gasteiger charge is -2.29. The van der Waals surface area contributed by atoms with Gasteiger partial charge >= 0.3 is 5.97 Å². The summed E-state index contributed by atoms with van der Waals surface area (Å²) in [5.41, 5.74) is 9.86. The highest BCUT2D eigenvalue weighted by atomic mass is 16.5. The van der Waals surface area contributed by atoms with Crippen molar-refractivity contribution in [3.63, 3.8) is 0 Å². The lowest BCUT2D eigenvalue weighted by atomic mass is 9.85. The van der Waals surface area contributed by atoms with E-state index in [4.69, 9.17) is 20.2 Å². The summed E-state index contributed by atoms with van der Waals surface area (Å²) in [5.74, 6) is -0.847. The molecule has 7 heteroatoms. The van der Waals surface area contributed by atoms with Gasteiger partial charge in [0.05, 0.1) is 17.7 Å². The molecule has 1 aliphatic rings. The Labute approximate surface area is 208 Å². The van der Waals surface area contributed by atoms with E-state index in [1.54, 1.807) is 18.3 Å². The number of aromatic nitrogens is 1. The number of carbonyl (C=O) groups excluding carboxylic acids is 1. The van der Waals surface area contributed by atoms with Gasteiger partial charge in [-0.1, -0.05) is 12.1 Å². The number of primary amides is 1. The molecule has 184 valence electrons. The summed E-state index contributed by atoms with van der Waals surface area (Å²) in [6, 6.07) is 12.9.